The van der Waals surface area contributed by atoms with Gasteiger partial charge in [0.15, 0.2) is 0 Å². The summed E-state index contributed by atoms with van der Waals surface area (Å²) < 4.78 is 7.14. The molecule has 0 aliphatic heterocycles. The molecule has 1 aromatic rings. The van der Waals surface area contributed by atoms with Gasteiger partial charge >= 0.3 is 0 Å². The molecule has 3 N–H and O–H groups in total. The first-order valence-electron chi connectivity index (χ1n) is 12.5. The Morgan fingerprint density at radius 3 is 2.47 bits per heavy atom. The lowest BCUT2D eigenvalue weighted by Gasteiger charge is -2.47. The second-order valence-electron chi connectivity index (χ2n) is 9.61. The molecular weight excluding hydrogens is 547 g/mol. The maximum atomic E-state index is 13.7. The number of carbonyl (C=O) groups is 2. The van der Waals surface area contributed by atoms with Crippen LogP contribution in [0.3, 0.4) is 0 Å². The zero-order valence-electron chi connectivity index (χ0n) is 19.5. The van der Waals surface area contributed by atoms with E-state index < -0.39 is 18.2 Å². The van der Waals surface area contributed by atoms with Crippen LogP contribution in [0.25, 0.3) is 0 Å². The van der Waals surface area contributed by atoms with Crippen molar-refractivity contribution in [2.75, 3.05) is 13.2 Å². The van der Waals surface area contributed by atoms with Crippen molar-refractivity contribution in [2.45, 2.75) is 82.1 Å². The van der Waals surface area contributed by atoms with Gasteiger partial charge in [-0.1, -0.05) is 37.8 Å². The number of ether oxygens (including phenoxy) is 1. The Labute approximate surface area is 215 Å². The largest absolute Gasteiger partial charge is 0.482 e. The number of hydrogen-bond donors (Lipinski definition) is 3. The number of para-hydroxylation sites is 1. The minimum absolute atomic E-state index is 0.0149. The highest BCUT2D eigenvalue weighted by Gasteiger charge is 2.45. The number of carbonyl (C=O) groups excluding carboxylic acids is 2. The summed E-state index contributed by atoms with van der Waals surface area (Å²) in [4.78, 5) is 28.5. The zero-order valence-corrected chi connectivity index (χ0v) is 21.7. The Morgan fingerprint density at radius 1 is 1.09 bits per heavy atom. The minimum Gasteiger partial charge on any atom is -0.482 e. The van der Waals surface area contributed by atoms with Crippen molar-refractivity contribution in [1.29, 1.82) is 0 Å². The van der Waals surface area contributed by atoms with E-state index in [1.54, 1.807) is 6.08 Å². The smallest absolute Gasteiger partial charge is 0.247 e. The van der Waals surface area contributed by atoms with E-state index in [1.165, 1.54) is 6.42 Å². The van der Waals surface area contributed by atoms with Crippen LogP contribution in [0.4, 0.5) is 0 Å². The standard InChI is InChI=1S/C26H35IN2O5/c27-20-11-4-5-12-22(20)34-23-16-18(25(32)28-13-14-30)15-21(24(23)31)29(19-9-2-1-3-10-19)26(33)17-7-6-8-17/h4-5,11-12,16-17,19,21,23-24,30-31H,1-3,6-10,13-15H2,(H,28,32)/t21-,23+,24+/m1/s1. The highest BCUT2D eigenvalue weighted by molar-refractivity contribution is 14.1. The lowest BCUT2D eigenvalue weighted by molar-refractivity contribution is -0.150. The van der Waals surface area contributed by atoms with E-state index in [9.17, 15) is 14.7 Å². The first-order chi connectivity index (χ1) is 16.5. The van der Waals surface area contributed by atoms with Gasteiger partial charge in [-0.05, 0) is 66.5 Å². The summed E-state index contributed by atoms with van der Waals surface area (Å²) in [7, 11) is 0. The molecule has 8 heteroatoms. The number of rotatable bonds is 8. The molecule has 0 aromatic heterocycles. The van der Waals surface area contributed by atoms with Crippen LogP contribution in [-0.2, 0) is 9.59 Å². The van der Waals surface area contributed by atoms with Gasteiger partial charge < -0.3 is 25.2 Å². The Morgan fingerprint density at radius 2 is 1.82 bits per heavy atom. The molecule has 3 aliphatic carbocycles. The molecule has 2 amide bonds. The number of aliphatic hydroxyl groups excluding tert-OH is 2. The van der Waals surface area contributed by atoms with Crippen LogP contribution in [0.1, 0.15) is 57.8 Å². The molecule has 34 heavy (non-hydrogen) atoms. The number of benzene rings is 1. The maximum Gasteiger partial charge on any atom is 0.247 e. The average molecular weight is 582 g/mol. The molecule has 0 heterocycles. The summed E-state index contributed by atoms with van der Waals surface area (Å²) >= 11 is 2.19. The second-order valence-corrected chi connectivity index (χ2v) is 10.8. The molecule has 0 saturated heterocycles. The van der Waals surface area contributed by atoms with E-state index in [2.05, 4.69) is 27.9 Å². The van der Waals surface area contributed by atoms with E-state index >= 15 is 0 Å². The van der Waals surface area contributed by atoms with E-state index in [4.69, 9.17) is 9.84 Å². The zero-order chi connectivity index (χ0) is 24.1. The highest BCUT2D eigenvalue weighted by Crippen LogP contribution is 2.37. The second kappa shape index (κ2) is 11.9. The lowest BCUT2D eigenvalue weighted by Crippen LogP contribution is -2.60. The molecule has 0 radical (unpaired) electrons. The normalized spacial score (nSPS) is 25.7. The van der Waals surface area contributed by atoms with E-state index in [0.29, 0.717) is 11.3 Å². The van der Waals surface area contributed by atoms with Crippen molar-refractivity contribution in [3.8, 4) is 5.75 Å². The topological polar surface area (TPSA) is 99.1 Å². The van der Waals surface area contributed by atoms with Gasteiger partial charge in [-0.3, -0.25) is 9.59 Å². The molecule has 2 fully saturated rings. The fraction of sp³-hybridized carbons (Fsp3) is 0.615. The summed E-state index contributed by atoms with van der Waals surface area (Å²) in [5.41, 5.74) is 0.488. The van der Waals surface area contributed by atoms with Crippen molar-refractivity contribution < 1.29 is 24.5 Å². The fourth-order valence-corrected chi connectivity index (χ4v) is 5.79. The van der Waals surface area contributed by atoms with Gasteiger partial charge in [0.05, 0.1) is 16.2 Å². The third-order valence-corrected chi connectivity index (χ3v) is 8.24. The Bertz CT molecular complexity index is 897. The number of nitrogens with zero attached hydrogens (tertiary/aromatic N) is 1. The summed E-state index contributed by atoms with van der Waals surface area (Å²) in [6, 6.07) is 7.12. The Hall–Kier alpha value is -1.65. The number of amides is 2. The molecule has 0 unspecified atom stereocenters. The molecule has 2 saturated carbocycles. The molecule has 3 atom stereocenters. The molecule has 0 bridgehead atoms. The van der Waals surface area contributed by atoms with Gasteiger partial charge in [-0.2, -0.15) is 0 Å². The maximum absolute atomic E-state index is 13.7. The first kappa shape index (κ1) is 25.4. The van der Waals surface area contributed by atoms with Crippen LogP contribution >= 0.6 is 22.6 Å². The van der Waals surface area contributed by atoms with Crippen LogP contribution in [0, 0.1) is 9.49 Å². The summed E-state index contributed by atoms with van der Waals surface area (Å²) in [6.45, 7) is 0.000419. The highest BCUT2D eigenvalue weighted by atomic mass is 127. The number of aliphatic hydroxyl groups is 2. The SMILES string of the molecule is O=C(NCCO)C1=C[C@H](Oc2ccccc2I)[C@@H](O)[C@H](N(C(=O)C2CCC2)C2CCCCC2)C1. The van der Waals surface area contributed by atoms with Crippen LogP contribution in [0.5, 0.6) is 5.75 Å². The third-order valence-electron chi connectivity index (χ3n) is 7.35. The number of nitrogens with one attached hydrogen (secondary N) is 1. The summed E-state index contributed by atoms with van der Waals surface area (Å²) in [6.07, 6.45) is 8.28. The van der Waals surface area contributed by atoms with Gasteiger partial charge in [-0.25, -0.2) is 0 Å². The van der Waals surface area contributed by atoms with Crippen LogP contribution in [-0.4, -0.2) is 64.4 Å². The summed E-state index contributed by atoms with van der Waals surface area (Å²) in [5, 5.41) is 23.4. The molecule has 3 aliphatic rings. The fourth-order valence-electron chi connectivity index (χ4n) is 5.27. The Kier molecular flexibility index (Phi) is 8.87. The monoisotopic (exact) mass is 582 g/mol. The van der Waals surface area contributed by atoms with E-state index in [-0.39, 0.29) is 43.3 Å². The molecular formula is C26H35IN2O5. The number of halogens is 1. The number of hydrogen-bond acceptors (Lipinski definition) is 5. The van der Waals surface area contributed by atoms with Crippen molar-refractivity contribution in [2.24, 2.45) is 5.92 Å². The van der Waals surface area contributed by atoms with Gasteiger partial charge in [0.2, 0.25) is 11.8 Å². The van der Waals surface area contributed by atoms with Gasteiger partial charge in [0.1, 0.15) is 18.0 Å². The lowest BCUT2D eigenvalue weighted by atomic mass is 9.80. The molecule has 0 spiro atoms. The third kappa shape index (κ3) is 5.76. The minimum atomic E-state index is -0.948. The van der Waals surface area contributed by atoms with E-state index in [1.807, 2.05) is 29.2 Å². The predicted molar refractivity (Wildman–Crippen MR) is 137 cm³/mol. The van der Waals surface area contributed by atoms with Crippen LogP contribution < -0.4 is 10.1 Å². The average Bonchev–Trinajstić information content (AvgIpc) is 2.81. The van der Waals surface area contributed by atoms with Crippen molar-refractivity contribution >= 4 is 34.4 Å². The molecule has 4 rings (SSSR count). The van der Waals surface area contributed by atoms with Gasteiger partial charge in [-0.15, -0.1) is 0 Å². The van der Waals surface area contributed by atoms with Crippen molar-refractivity contribution in [1.82, 2.24) is 10.2 Å². The van der Waals surface area contributed by atoms with E-state index in [0.717, 1.165) is 48.5 Å². The van der Waals surface area contributed by atoms with Crippen LogP contribution in [0.15, 0.2) is 35.9 Å². The van der Waals surface area contributed by atoms with Crippen molar-refractivity contribution in [3.63, 3.8) is 0 Å². The quantitative estimate of drug-likeness (QED) is 0.410. The molecule has 1 aromatic carbocycles. The van der Waals surface area contributed by atoms with Gasteiger partial charge in [0.25, 0.3) is 0 Å². The Balaban J connectivity index is 1.65. The summed E-state index contributed by atoms with van der Waals surface area (Å²) in [5.74, 6) is 0.476. The molecule has 7 nitrogen and oxygen atoms in total. The predicted octanol–water partition coefficient (Wildman–Crippen LogP) is 3.17. The first-order valence-corrected chi connectivity index (χ1v) is 13.6. The van der Waals surface area contributed by atoms with Crippen LogP contribution in [0.2, 0.25) is 0 Å². The van der Waals surface area contributed by atoms with Gasteiger partial charge in [0, 0.05) is 30.5 Å². The molecule has 186 valence electrons. The van der Waals surface area contributed by atoms with Crippen molar-refractivity contribution in [3.05, 3.63) is 39.5 Å².